The highest BCUT2D eigenvalue weighted by Gasteiger charge is 2.31. The number of hydrogen-bond donors (Lipinski definition) is 1. The van der Waals surface area contributed by atoms with Crippen molar-refractivity contribution < 1.29 is 22.7 Å². The van der Waals surface area contributed by atoms with E-state index < -0.39 is 28.5 Å². The van der Waals surface area contributed by atoms with Crippen LogP contribution in [-0.2, 0) is 26.2 Å². The minimum atomic E-state index is -3.76. The number of carbonyl (C=O) groups is 2. The van der Waals surface area contributed by atoms with Crippen molar-refractivity contribution >= 4 is 43.5 Å². The fourth-order valence-electron chi connectivity index (χ4n) is 3.57. The number of sulfonamides is 1. The number of unbranched alkanes of at least 4 members (excludes halogenated alkanes) is 1. The highest BCUT2D eigenvalue weighted by Crippen LogP contribution is 2.22. The molecule has 10 heteroatoms. The Morgan fingerprint density at radius 2 is 1.69 bits per heavy atom. The van der Waals surface area contributed by atoms with Crippen molar-refractivity contribution in [2.45, 2.75) is 45.7 Å². The molecule has 2 aromatic rings. The molecule has 0 saturated heterocycles. The molecule has 2 aromatic carbocycles. The van der Waals surface area contributed by atoms with Crippen LogP contribution in [0.5, 0.6) is 5.75 Å². The third-order valence-electron chi connectivity index (χ3n) is 5.52. The number of ether oxygens (including phenoxy) is 1. The van der Waals surface area contributed by atoms with E-state index in [0.29, 0.717) is 24.4 Å². The lowest BCUT2D eigenvalue weighted by molar-refractivity contribution is -0.140. The van der Waals surface area contributed by atoms with E-state index in [4.69, 9.17) is 4.74 Å². The normalized spacial score (nSPS) is 12.0. The molecular formula is C25H34BrN3O5S. The molecular weight excluding hydrogens is 534 g/mol. The van der Waals surface area contributed by atoms with Crippen LogP contribution < -0.4 is 14.4 Å². The average molecular weight is 569 g/mol. The van der Waals surface area contributed by atoms with Gasteiger partial charge in [-0.15, -0.1) is 0 Å². The zero-order chi connectivity index (χ0) is 26.0. The van der Waals surface area contributed by atoms with Crippen molar-refractivity contribution in [2.75, 3.05) is 30.8 Å². The number of nitrogens with one attached hydrogen (secondary N) is 1. The van der Waals surface area contributed by atoms with Gasteiger partial charge in [0.05, 0.1) is 19.1 Å². The summed E-state index contributed by atoms with van der Waals surface area (Å²) in [5.41, 5.74) is 1.17. The molecule has 0 aliphatic rings. The van der Waals surface area contributed by atoms with Gasteiger partial charge in [-0.2, -0.15) is 0 Å². The smallest absolute Gasteiger partial charge is 0.244 e. The second kappa shape index (κ2) is 13.5. The molecule has 0 saturated carbocycles. The van der Waals surface area contributed by atoms with Crippen molar-refractivity contribution in [3.8, 4) is 5.75 Å². The second-order valence-electron chi connectivity index (χ2n) is 8.18. The summed E-state index contributed by atoms with van der Waals surface area (Å²) in [7, 11) is -2.19. The molecule has 0 aliphatic carbocycles. The minimum Gasteiger partial charge on any atom is -0.497 e. The molecule has 0 aliphatic heterocycles. The number of amides is 2. The summed E-state index contributed by atoms with van der Waals surface area (Å²) in [6.45, 7) is 4.12. The van der Waals surface area contributed by atoms with Gasteiger partial charge in [0.1, 0.15) is 18.3 Å². The molecule has 0 heterocycles. The molecule has 0 radical (unpaired) electrons. The van der Waals surface area contributed by atoms with Crippen molar-refractivity contribution in [1.82, 2.24) is 10.2 Å². The first-order valence-electron chi connectivity index (χ1n) is 11.5. The van der Waals surface area contributed by atoms with Gasteiger partial charge in [-0.3, -0.25) is 13.9 Å². The van der Waals surface area contributed by atoms with Gasteiger partial charge in [0, 0.05) is 17.6 Å². The fourth-order valence-corrected chi connectivity index (χ4v) is 4.69. The van der Waals surface area contributed by atoms with E-state index in [2.05, 4.69) is 21.2 Å². The molecule has 0 bridgehead atoms. The SMILES string of the molecule is CCCCNC(=O)[C@H](CC)N(Cc1ccc(OC)cc1)C(=O)CN(c1ccc(Br)cc1)S(C)(=O)=O. The average Bonchev–Trinajstić information content (AvgIpc) is 2.83. The lowest BCUT2D eigenvalue weighted by atomic mass is 10.1. The second-order valence-corrected chi connectivity index (χ2v) is 11.0. The Morgan fingerprint density at radius 3 is 2.20 bits per heavy atom. The van der Waals surface area contributed by atoms with Crippen LogP contribution in [0, 0.1) is 0 Å². The zero-order valence-corrected chi connectivity index (χ0v) is 23.1. The van der Waals surface area contributed by atoms with Gasteiger partial charge < -0.3 is 15.0 Å². The largest absolute Gasteiger partial charge is 0.497 e. The highest BCUT2D eigenvalue weighted by atomic mass is 79.9. The first-order valence-corrected chi connectivity index (χ1v) is 14.2. The summed E-state index contributed by atoms with van der Waals surface area (Å²) in [5.74, 6) is -0.0431. The molecule has 8 nitrogen and oxygen atoms in total. The molecule has 0 fully saturated rings. The third kappa shape index (κ3) is 8.54. The van der Waals surface area contributed by atoms with E-state index in [1.54, 1.807) is 43.5 Å². The van der Waals surface area contributed by atoms with E-state index in [0.717, 1.165) is 33.4 Å². The summed E-state index contributed by atoms with van der Waals surface area (Å²) in [6.07, 6.45) is 3.21. The Kier molecular flexibility index (Phi) is 11.0. The first kappa shape index (κ1) is 28.6. The van der Waals surface area contributed by atoms with Crippen LogP contribution in [0.15, 0.2) is 53.0 Å². The lowest BCUT2D eigenvalue weighted by Gasteiger charge is -2.33. The summed E-state index contributed by atoms with van der Waals surface area (Å²) in [4.78, 5) is 28.1. The van der Waals surface area contributed by atoms with Gasteiger partial charge >= 0.3 is 0 Å². The predicted molar refractivity (Wildman–Crippen MR) is 142 cm³/mol. The number of benzene rings is 2. The van der Waals surface area contributed by atoms with Gasteiger partial charge in [-0.1, -0.05) is 48.3 Å². The topological polar surface area (TPSA) is 96.0 Å². The molecule has 2 rings (SSSR count). The Bertz CT molecular complexity index is 1080. The van der Waals surface area contributed by atoms with Crippen molar-refractivity contribution in [3.63, 3.8) is 0 Å². The van der Waals surface area contributed by atoms with Gasteiger partial charge in [-0.05, 0) is 54.8 Å². The van der Waals surface area contributed by atoms with Crippen LogP contribution in [0.3, 0.4) is 0 Å². The number of anilines is 1. The van der Waals surface area contributed by atoms with Gasteiger partial charge in [0.25, 0.3) is 0 Å². The Labute approximate surface area is 216 Å². The Balaban J connectivity index is 2.38. The van der Waals surface area contributed by atoms with E-state index in [1.165, 1.54) is 4.90 Å². The van der Waals surface area contributed by atoms with Crippen molar-refractivity contribution in [3.05, 3.63) is 58.6 Å². The van der Waals surface area contributed by atoms with Crippen LogP contribution >= 0.6 is 15.9 Å². The van der Waals surface area contributed by atoms with Gasteiger partial charge in [0.2, 0.25) is 21.8 Å². The maximum Gasteiger partial charge on any atom is 0.244 e. The van der Waals surface area contributed by atoms with Crippen LogP contribution in [0.4, 0.5) is 5.69 Å². The molecule has 35 heavy (non-hydrogen) atoms. The number of nitrogens with zero attached hydrogens (tertiary/aromatic N) is 2. The summed E-state index contributed by atoms with van der Waals surface area (Å²) in [6, 6.07) is 13.1. The standard InChI is InChI=1S/C25H34BrN3O5S/c1-5-7-16-27-25(31)23(6-2)28(17-19-8-14-22(34-3)15-9-19)24(30)18-29(35(4,32)33)21-12-10-20(26)11-13-21/h8-15,23H,5-7,16-18H2,1-4H3,(H,27,31)/t23-/m0/s1. The number of carbonyl (C=O) groups excluding carboxylic acids is 2. The quantitative estimate of drug-likeness (QED) is 0.370. The maximum atomic E-state index is 13.6. The maximum absolute atomic E-state index is 13.6. The van der Waals surface area contributed by atoms with Crippen molar-refractivity contribution in [1.29, 1.82) is 0 Å². The number of rotatable bonds is 13. The third-order valence-corrected chi connectivity index (χ3v) is 7.19. The first-order chi connectivity index (χ1) is 16.6. The summed E-state index contributed by atoms with van der Waals surface area (Å²) in [5, 5.41) is 2.91. The minimum absolute atomic E-state index is 0.153. The lowest BCUT2D eigenvalue weighted by Crippen LogP contribution is -2.52. The molecule has 1 atom stereocenters. The number of methoxy groups -OCH3 is 1. The molecule has 0 spiro atoms. The van der Waals surface area contributed by atoms with E-state index in [1.807, 2.05) is 26.0 Å². The molecule has 0 unspecified atom stereocenters. The number of hydrogen-bond acceptors (Lipinski definition) is 5. The van der Waals surface area contributed by atoms with Crippen LogP contribution in [0.25, 0.3) is 0 Å². The van der Waals surface area contributed by atoms with E-state index in [-0.39, 0.29) is 12.5 Å². The molecule has 192 valence electrons. The monoisotopic (exact) mass is 567 g/mol. The summed E-state index contributed by atoms with van der Waals surface area (Å²) >= 11 is 3.34. The van der Waals surface area contributed by atoms with E-state index >= 15 is 0 Å². The number of halogens is 1. The van der Waals surface area contributed by atoms with Crippen LogP contribution in [-0.4, -0.2) is 57.6 Å². The molecule has 0 aromatic heterocycles. The van der Waals surface area contributed by atoms with Crippen LogP contribution in [0.1, 0.15) is 38.7 Å². The Morgan fingerprint density at radius 1 is 1.06 bits per heavy atom. The van der Waals surface area contributed by atoms with E-state index in [9.17, 15) is 18.0 Å². The molecule has 2 amide bonds. The fraction of sp³-hybridized carbons (Fsp3) is 0.440. The zero-order valence-electron chi connectivity index (χ0n) is 20.7. The van der Waals surface area contributed by atoms with Crippen molar-refractivity contribution in [2.24, 2.45) is 0 Å². The predicted octanol–water partition coefficient (Wildman–Crippen LogP) is 3.95. The van der Waals surface area contributed by atoms with Gasteiger partial charge in [0.15, 0.2) is 0 Å². The Hall–Kier alpha value is -2.59. The summed E-state index contributed by atoms with van der Waals surface area (Å²) < 4.78 is 32.3. The van der Waals surface area contributed by atoms with Crippen LogP contribution in [0.2, 0.25) is 0 Å². The van der Waals surface area contributed by atoms with Gasteiger partial charge in [-0.25, -0.2) is 8.42 Å². The highest BCUT2D eigenvalue weighted by molar-refractivity contribution is 9.10. The molecule has 1 N–H and O–H groups in total.